The zero-order chi connectivity index (χ0) is 12.3. The van der Waals surface area contributed by atoms with Crippen LogP contribution in [-0.4, -0.2) is 17.6 Å². The molecule has 94 valence electrons. The van der Waals surface area contributed by atoms with E-state index in [1.807, 2.05) is 6.07 Å². The number of aryl methyl sites for hydroxylation is 1. The number of hydrogen-bond donors (Lipinski definition) is 1. The number of rotatable bonds is 3. The molecule has 0 aliphatic heterocycles. The molecule has 0 radical (unpaired) electrons. The third-order valence-corrected chi connectivity index (χ3v) is 3.70. The second-order valence-corrected chi connectivity index (χ2v) is 4.99. The van der Waals surface area contributed by atoms with Crippen LogP contribution in [0.25, 0.3) is 0 Å². The Balaban J connectivity index is 2.21. The van der Waals surface area contributed by atoms with Crippen molar-refractivity contribution in [1.29, 1.82) is 0 Å². The molecule has 2 rings (SSSR count). The molecule has 0 saturated heterocycles. The maximum absolute atomic E-state index is 5.77. The van der Waals surface area contributed by atoms with E-state index in [2.05, 4.69) is 23.7 Å². The van der Waals surface area contributed by atoms with Crippen LogP contribution in [0.1, 0.15) is 44.6 Å². The van der Waals surface area contributed by atoms with Crippen LogP contribution in [0, 0.1) is 6.92 Å². The van der Waals surface area contributed by atoms with E-state index >= 15 is 0 Å². The molecule has 1 fully saturated rings. The molecule has 1 aliphatic rings. The average Bonchev–Trinajstić information content (AvgIpc) is 2.34. The molecule has 0 spiro atoms. The third-order valence-electron chi connectivity index (χ3n) is 3.70. The molecule has 0 amide bonds. The fourth-order valence-corrected chi connectivity index (χ4v) is 2.86. The Bertz CT molecular complexity index is 370. The van der Waals surface area contributed by atoms with Crippen molar-refractivity contribution in [3.05, 3.63) is 17.8 Å². The van der Waals surface area contributed by atoms with Crippen molar-refractivity contribution in [3.8, 4) is 0 Å². The Morgan fingerprint density at radius 2 is 2.06 bits per heavy atom. The number of nitrogens with zero attached hydrogens (tertiary/aromatic N) is 2. The summed E-state index contributed by atoms with van der Waals surface area (Å²) in [6.45, 7) is 5.35. The minimum Gasteiger partial charge on any atom is -0.397 e. The standard InChI is InChI=1S/C14H23N3/c1-3-17(13-7-5-4-6-8-13)14-11(2)9-12(15)10-16-14/h9-10,13H,3-8,15H2,1-2H3. The highest BCUT2D eigenvalue weighted by Gasteiger charge is 2.22. The number of pyridine rings is 1. The van der Waals surface area contributed by atoms with Gasteiger partial charge in [-0.05, 0) is 38.3 Å². The highest BCUT2D eigenvalue weighted by molar-refractivity contribution is 5.53. The Kier molecular flexibility index (Phi) is 3.87. The number of anilines is 2. The van der Waals surface area contributed by atoms with E-state index in [9.17, 15) is 0 Å². The summed E-state index contributed by atoms with van der Waals surface area (Å²) >= 11 is 0. The molecule has 0 aromatic carbocycles. The third kappa shape index (κ3) is 2.71. The molecule has 3 nitrogen and oxygen atoms in total. The summed E-state index contributed by atoms with van der Waals surface area (Å²) in [6, 6.07) is 2.69. The van der Waals surface area contributed by atoms with Gasteiger partial charge in [-0.25, -0.2) is 4.98 Å². The van der Waals surface area contributed by atoms with Gasteiger partial charge < -0.3 is 10.6 Å². The van der Waals surface area contributed by atoms with Crippen LogP contribution in [-0.2, 0) is 0 Å². The van der Waals surface area contributed by atoms with Crippen LogP contribution in [0.15, 0.2) is 12.3 Å². The molecule has 0 unspecified atom stereocenters. The van der Waals surface area contributed by atoms with E-state index in [1.165, 1.54) is 37.7 Å². The first-order valence-corrected chi connectivity index (χ1v) is 6.71. The summed E-state index contributed by atoms with van der Waals surface area (Å²) in [4.78, 5) is 6.98. The minimum absolute atomic E-state index is 0.670. The smallest absolute Gasteiger partial charge is 0.131 e. The summed E-state index contributed by atoms with van der Waals surface area (Å²) in [5, 5.41) is 0. The van der Waals surface area contributed by atoms with Crippen molar-refractivity contribution in [2.24, 2.45) is 0 Å². The molecule has 0 atom stereocenters. The molecule has 17 heavy (non-hydrogen) atoms. The van der Waals surface area contributed by atoms with E-state index in [0.29, 0.717) is 6.04 Å². The molecule has 0 bridgehead atoms. The van der Waals surface area contributed by atoms with Gasteiger partial charge in [0, 0.05) is 12.6 Å². The zero-order valence-corrected chi connectivity index (χ0v) is 10.9. The van der Waals surface area contributed by atoms with Crippen LogP contribution in [0.3, 0.4) is 0 Å². The fourth-order valence-electron chi connectivity index (χ4n) is 2.86. The van der Waals surface area contributed by atoms with Crippen LogP contribution in [0.5, 0.6) is 0 Å². The van der Waals surface area contributed by atoms with E-state index < -0.39 is 0 Å². The van der Waals surface area contributed by atoms with Gasteiger partial charge in [-0.1, -0.05) is 19.3 Å². The summed E-state index contributed by atoms with van der Waals surface area (Å²) in [7, 11) is 0. The monoisotopic (exact) mass is 233 g/mol. The number of nitrogen functional groups attached to an aromatic ring is 1. The van der Waals surface area contributed by atoms with Gasteiger partial charge in [0.25, 0.3) is 0 Å². The van der Waals surface area contributed by atoms with Gasteiger partial charge in [-0.3, -0.25) is 0 Å². The highest BCUT2D eigenvalue weighted by atomic mass is 15.2. The van der Waals surface area contributed by atoms with Gasteiger partial charge in [0.1, 0.15) is 5.82 Å². The van der Waals surface area contributed by atoms with Gasteiger partial charge in [-0.2, -0.15) is 0 Å². The van der Waals surface area contributed by atoms with Crippen molar-refractivity contribution in [2.45, 2.75) is 52.0 Å². The van der Waals surface area contributed by atoms with Gasteiger partial charge in [0.2, 0.25) is 0 Å². The summed E-state index contributed by atoms with van der Waals surface area (Å²) in [6.07, 6.45) is 8.49. The lowest BCUT2D eigenvalue weighted by molar-refractivity contribution is 0.416. The number of hydrogen-bond acceptors (Lipinski definition) is 3. The first kappa shape index (κ1) is 12.2. The van der Waals surface area contributed by atoms with Crippen molar-refractivity contribution in [3.63, 3.8) is 0 Å². The quantitative estimate of drug-likeness (QED) is 0.872. The van der Waals surface area contributed by atoms with E-state index in [-0.39, 0.29) is 0 Å². The average molecular weight is 233 g/mol. The van der Waals surface area contributed by atoms with Crippen LogP contribution >= 0.6 is 0 Å². The SMILES string of the molecule is CCN(c1ncc(N)cc1C)C1CCCCC1. The second-order valence-electron chi connectivity index (χ2n) is 4.99. The van der Waals surface area contributed by atoms with E-state index in [1.54, 1.807) is 6.20 Å². The first-order valence-electron chi connectivity index (χ1n) is 6.71. The van der Waals surface area contributed by atoms with Gasteiger partial charge in [0.05, 0.1) is 11.9 Å². The Morgan fingerprint density at radius 1 is 1.35 bits per heavy atom. The summed E-state index contributed by atoms with van der Waals surface area (Å²) < 4.78 is 0. The van der Waals surface area contributed by atoms with Crippen molar-refractivity contribution in [2.75, 3.05) is 17.2 Å². The second kappa shape index (κ2) is 5.39. The van der Waals surface area contributed by atoms with Crippen LogP contribution in [0.4, 0.5) is 11.5 Å². The van der Waals surface area contributed by atoms with Crippen molar-refractivity contribution >= 4 is 11.5 Å². The topological polar surface area (TPSA) is 42.2 Å². The van der Waals surface area contributed by atoms with E-state index in [4.69, 9.17) is 5.73 Å². The largest absolute Gasteiger partial charge is 0.397 e. The lowest BCUT2D eigenvalue weighted by Gasteiger charge is -2.35. The van der Waals surface area contributed by atoms with E-state index in [0.717, 1.165) is 18.1 Å². The lowest BCUT2D eigenvalue weighted by Crippen LogP contribution is -2.37. The molecule has 1 aromatic heterocycles. The fraction of sp³-hybridized carbons (Fsp3) is 0.643. The van der Waals surface area contributed by atoms with Crippen LogP contribution in [0.2, 0.25) is 0 Å². The maximum Gasteiger partial charge on any atom is 0.131 e. The number of aromatic nitrogens is 1. The zero-order valence-electron chi connectivity index (χ0n) is 10.9. The van der Waals surface area contributed by atoms with Gasteiger partial charge >= 0.3 is 0 Å². The summed E-state index contributed by atoms with van der Waals surface area (Å²) in [5.41, 5.74) is 7.71. The van der Waals surface area contributed by atoms with Crippen LogP contribution < -0.4 is 10.6 Å². The maximum atomic E-state index is 5.77. The Hall–Kier alpha value is -1.25. The Labute approximate surface area is 104 Å². The minimum atomic E-state index is 0.670. The van der Waals surface area contributed by atoms with Gasteiger partial charge in [0.15, 0.2) is 0 Å². The normalized spacial score (nSPS) is 17.1. The summed E-state index contributed by atoms with van der Waals surface area (Å²) in [5.74, 6) is 1.12. The van der Waals surface area contributed by atoms with Gasteiger partial charge in [-0.15, -0.1) is 0 Å². The highest BCUT2D eigenvalue weighted by Crippen LogP contribution is 2.28. The lowest BCUT2D eigenvalue weighted by atomic mass is 9.94. The molecule has 1 heterocycles. The molecule has 2 N–H and O–H groups in total. The molecule has 3 heteroatoms. The molecular formula is C14H23N3. The van der Waals surface area contributed by atoms with Crippen molar-refractivity contribution in [1.82, 2.24) is 4.98 Å². The molecule has 1 saturated carbocycles. The molecule has 1 aliphatic carbocycles. The molecule has 1 aromatic rings. The predicted octanol–water partition coefficient (Wildman–Crippen LogP) is 3.13. The van der Waals surface area contributed by atoms with Crippen molar-refractivity contribution < 1.29 is 0 Å². The first-order chi connectivity index (χ1) is 8.22. The Morgan fingerprint density at radius 3 is 2.65 bits per heavy atom. The molecular weight excluding hydrogens is 210 g/mol. The number of nitrogens with two attached hydrogens (primary N) is 1. The predicted molar refractivity (Wildman–Crippen MR) is 73.3 cm³/mol.